The van der Waals surface area contributed by atoms with E-state index in [4.69, 9.17) is 10.9 Å². The van der Waals surface area contributed by atoms with Crippen molar-refractivity contribution < 1.29 is 14.8 Å². The Balaban J connectivity index is 4.48. The molecule has 0 fully saturated rings. The average Bonchev–Trinajstić information content (AvgIpc) is 2.11. The lowest BCUT2D eigenvalue weighted by molar-refractivity contribution is -0.139. The number of nitrogens with two attached hydrogens (primary N) is 1. The van der Waals surface area contributed by atoms with E-state index in [2.05, 4.69) is 0 Å². The molecule has 0 heterocycles. The molecule has 0 aliphatic carbocycles. The number of hydrogen-bond acceptors (Lipinski definition) is 3. The van der Waals surface area contributed by atoms with Crippen molar-refractivity contribution >= 4 is 11.8 Å². The molecule has 82 valence electrons. The van der Waals surface area contributed by atoms with Crippen molar-refractivity contribution in [1.29, 1.82) is 0 Å². The summed E-state index contributed by atoms with van der Waals surface area (Å²) in [6.07, 6.45) is 0.546. The fourth-order valence-corrected chi connectivity index (χ4v) is 1.36. The maximum absolute atomic E-state index is 11.1. The van der Waals surface area contributed by atoms with Gasteiger partial charge in [0, 0.05) is 11.8 Å². The van der Waals surface area contributed by atoms with Crippen molar-refractivity contribution in [1.82, 2.24) is 5.48 Å². The second-order valence-electron chi connectivity index (χ2n) is 3.90. The molecule has 0 aliphatic rings. The van der Waals surface area contributed by atoms with Crippen LogP contribution in [0.15, 0.2) is 0 Å². The van der Waals surface area contributed by atoms with E-state index in [1.165, 1.54) is 5.48 Å². The maximum Gasteiger partial charge on any atom is 0.246 e. The molecule has 5 nitrogen and oxygen atoms in total. The molecule has 0 aliphatic heterocycles. The van der Waals surface area contributed by atoms with Crippen molar-refractivity contribution in [3.63, 3.8) is 0 Å². The van der Waals surface area contributed by atoms with Crippen LogP contribution in [-0.4, -0.2) is 17.0 Å². The normalized spacial score (nSPS) is 14.9. The number of nitrogens with one attached hydrogen (secondary N) is 1. The molecule has 5 heteroatoms. The highest BCUT2D eigenvalue weighted by molar-refractivity contribution is 5.86. The highest BCUT2D eigenvalue weighted by Crippen LogP contribution is 2.20. The smallest absolute Gasteiger partial charge is 0.246 e. The summed E-state index contributed by atoms with van der Waals surface area (Å²) in [4.78, 5) is 22.1. The SMILES string of the molecule is CC(C)C[C@@H](C(N)=O)[C@H](C)C(=O)NO. The van der Waals surface area contributed by atoms with Crippen molar-refractivity contribution in [3.05, 3.63) is 0 Å². The molecule has 0 saturated heterocycles. The number of carbonyl (C=O) groups is 2. The molecular formula is C9H18N2O3. The second kappa shape index (κ2) is 5.59. The van der Waals surface area contributed by atoms with Gasteiger partial charge in [-0.05, 0) is 12.3 Å². The van der Waals surface area contributed by atoms with Crippen molar-refractivity contribution in [2.45, 2.75) is 27.2 Å². The molecule has 0 bridgehead atoms. The molecule has 0 rings (SSSR count). The molecule has 0 aromatic rings. The van der Waals surface area contributed by atoms with Crippen LogP contribution in [0.5, 0.6) is 0 Å². The topological polar surface area (TPSA) is 92.4 Å². The average molecular weight is 202 g/mol. The molecule has 0 aromatic heterocycles. The predicted octanol–water partition coefficient (Wildman–Crippen LogP) is 0.276. The lowest BCUT2D eigenvalue weighted by atomic mass is 9.85. The summed E-state index contributed by atoms with van der Waals surface area (Å²) in [5.41, 5.74) is 6.70. The number of rotatable bonds is 5. The van der Waals surface area contributed by atoms with Gasteiger partial charge in [-0.3, -0.25) is 14.8 Å². The third kappa shape index (κ3) is 3.74. The van der Waals surface area contributed by atoms with Gasteiger partial charge in [0.05, 0.1) is 0 Å². The molecule has 0 radical (unpaired) electrons. The van der Waals surface area contributed by atoms with Gasteiger partial charge < -0.3 is 5.73 Å². The molecular weight excluding hydrogens is 184 g/mol. The standard InChI is InChI=1S/C9H18N2O3/c1-5(2)4-7(8(10)12)6(3)9(13)11-14/h5-7,14H,4H2,1-3H3,(H2,10,12)(H,11,13)/t6-,7+/m0/s1. The van der Waals surface area contributed by atoms with Crippen LogP contribution in [0.4, 0.5) is 0 Å². The molecule has 0 aromatic carbocycles. The zero-order chi connectivity index (χ0) is 11.3. The first-order chi connectivity index (χ1) is 6.40. The van der Waals surface area contributed by atoms with E-state index in [9.17, 15) is 9.59 Å². The summed E-state index contributed by atoms with van der Waals surface area (Å²) in [5, 5.41) is 8.42. The van der Waals surface area contributed by atoms with Gasteiger partial charge in [-0.25, -0.2) is 5.48 Å². The van der Waals surface area contributed by atoms with Gasteiger partial charge in [0.1, 0.15) is 0 Å². The maximum atomic E-state index is 11.1. The lowest BCUT2D eigenvalue weighted by Crippen LogP contribution is -2.38. The van der Waals surface area contributed by atoms with Gasteiger partial charge in [0.15, 0.2) is 0 Å². The number of primary amides is 1. The van der Waals surface area contributed by atoms with E-state index in [-0.39, 0.29) is 5.92 Å². The van der Waals surface area contributed by atoms with E-state index in [1.54, 1.807) is 6.92 Å². The van der Waals surface area contributed by atoms with Gasteiger partial charge in [0.2, 0.25) is 11.8 Å². The zero-order valence-electron chi connectivity index (χ0n) is 8.78. The highest BCUT2D eigenvalue weighted by atomic mass is 16.5. The summed E-state index contributed by atoms with van der Waals surface area (Å²) in [7, 11) is 0. The molecule has 0 unspecified atom stereocenters. The van der Waals surface area contributed by atoms with E-state index in [0.29, 0.717) is 6.42 Å². The van der Waals surface area contributed by atoms with Crippen molar-refractivity contribution in [2.24, 2.45) is 23.5 Å². The minimum atomic E-state index is -0.597. The van der Waals surface area contributed by atoms with Gasteiger partial charge in [-0.2, -0.15) is 0 Å². The van der Waals surface area contributed by atoms with Crippen molar-refractivity contribution in [3.8, 4) is 0 Å². The monoisotopic (exact) mass is 202 g/mol. The summed E-state index contributed by atoms with van der Waals surface area (Å²) < 4.78 is 0. The van der Waals surface area contributed by atoms with E-state index >= 15 is 0 Å². The van der Waals surface area contributed by atoms with Crippen LogP contribution in [0.25, 0.3) is 0 Å². The van der Waals surface area contributed by atoms with Crippen LogP contribution in [0.1, 0.15) is 27.2 Å². The van der Waals surface area contributed by atoms with E-state index in [0.717, 1.165) is 0 Å². The van der Waals surface area contributed by atoms with Crippen LogP contribution < -0.4 is 11.2 Å². The Morgan fingerprint density at radius 2 is 1.86 bits per heavy atom. The summed E-state index contributed by atoms with van der Waals surface area (Å²) >= 11 is 0. The van der Waals surface area contributed by atoms with Gasteiger partial charge >= 0.3 is 0 Å². The van der Waals surface area contributed by atoms with Crippen LogP contribution in [0.2, 0.25) is 0 Å². The molecule has 4 N–H and O–H groups in total. The predicted molar refractivity (Wildman–Crippen MR) is 51.2 cm³/mol. The van der Waals surface area contributed by atoms with Crippen molar-refractivity contribution in [2.75, 3.05) is 0 Å². The minimum absolute atomic E-state index is 0.279. The summed E-state index contributed by atoms with van der Waals surface area (Å²) in [6, 6.07) is 0. The Bertz CT molecular complexity index is 216. The number of hydroxylamine groups is 1. The van der Waals surface area contributed by atoms with Gasteiger partial charge in [0.25, 0.3) is 0 Å². The highest BCUT2D eigenvalue weighted by Gasteiger charge is 2.28. The van der Waals surface area contributed by atoms with Crippen LogP contribution in [-0.2, 0) is 9.59 Å². The van der Waals surface area contributed by atoms with E-state index in [1.807, 2.05) is 13.8 Å². The number of carbonyl (C=O) groups excluding carboxylic acids is 2. The molecule has 2 atom stereocenters. The third-order valence-corrected chi connectivity index (χ3v) is 2.22. The summed E-state index contributed by atoms with van der Waals surface area (Å²) in [5.74, 6) is -1.92. The first-order valence-electron chi connectivity index (χ1n) is 4.63. The molecule has 0 saturated carbocycles. The molecule has 2 amide bonds. The first kappa shape index (κ1) is 12.9. The first-order valence-corrected chi connectivity index (χ1v) is 4.63. The minimum Gasteiger partial charge on any atom is -0.369 e. The summed E-state index contributed by atoms with van der Waals surface area (Å²) in [6.45, 7) is 5.46. The number of amides is 2. The fraction of sp³-hybridized carbons (Fsp3) is 0.778. The lowest BCUT2D eigenvalue weighted by Gasteiger charge is -2.20. The zero-order valence-corrected chi connectivity index (χ0v) is 8.78. The number of hydrogen-bond donors (Lipinski definition) is 3. The fourth-order valence-electron chi connectivity index (χ4n) is 1.36. The third-order valence-electron chi connectivity index (χ3n) is 2.22. The quantitative estimate of drug-likeness (QED) is 0.441. The Morgan fingerprint density at radius 1 is 1.36 bits per heavy atom. The van der Waals surface area contributed by atoms with E-state index < -0.39 is 23.7 Å². The van der Waals surface area contributed by atoms with Gasteiger partial charge in [-0.15, -0.1) is 0 Å². The Labute approximate surface area is 83.6 Å². The Kier molecular flexibility index (Phi) is 5.15. The van der Waals surface area contributed by atoms with Crippen LogP contribution >= 0.6 is 0 Å². The Hall–Kier alpha value is -1.10. The molecule has 0 spiro atoms. The van der Waals surface area contributed by atoms with Crippen LogP contribution in [0.3, 0.4) is 0 Å². The second-order valence-corrected chi connectivity index (χ2v) is 3.90. The largest absolute Gasteiger partial charge is 0.369 e. The van der Waals surface area contributed by atoms with Gasteiger partial charge in [-0.1, -0.05) is 20.8 Å². The Morgan fingerprint density at radius 3 is 2.14 bits per heavy atom. The molecule has 14 heavy (non-hydrogen) atoms. The van der Waals surface area contributed by atoms with Crippen LogP contribution in [0, 0.1) is 17.8 Å².